The van der Waals surface area contributed by atoms with E-state index in [1.807, 2.05) is 24.3 Å². The van der Waals surface area contributed by atoms with Crippen LogP contribution in [0.3, 0.4) is 0 Å². The molecule has 3 rings (SSSR count). The number of amides is 2. The Morgan fingerprint density at radius 2 is 2.00 bits per heavy atom. The fraction of sp³-hybridized carbons (Fsp3) is 0.476. The zero-order valence-corrected chi connectivity index (χ0v) is 18.4. The average Bonchev–Trinajstić information content (AvgIpc) is 2.73. The molecule has 0 aliphatic carbocycles. The third kappa shape index (κ3) is 3.84. The number of rotatable bonds is 7. The molecule has 0 bridgehead atoms. The van der Waals surface area contributed by atoms with Crippen molar-refractivity contribution in [2.75, 3.05) is 14.2 Å². The highest BCUT2D eigenvalue weighted by Crippen LogP contribution is 2.47. The number of nitrogens with zero attached hydrogens (tertiary/aromatic N) is 1. The molecule has 3 N–H and O–H groups in total. The number of ether oxygens (including phenoxy) is 2. The molecule has 2 unspecified atom stereocenters. The number of nitrogens with one attached hydrogen (secondary N) is 1. The molecule has 1 aromatic carbocycles. The molecule has 1 fully saturated rings. The Bertz CT molecular complexity index is 902. The van der Waals surface area contributed by atoms with Gasteiger partial charge >= 0.3 is 5.97 Å². The van der Waals surface area contributed by atoms with Crippen molar-refractivity contribution in [3.05, 3.63) is 46.7 Å². The van der Waals surface area contributed by atoms with Gasteiger partial charge in [0.05, 0.1) is 13.5 Å². The number of β-lactam (4-membered cyclic amide) rings is 1. The van der Waals surface area contributed by atoms with Crippen molar-refractivity contribution >= 4 is 29.5 Å². The van der Waals surface area contributed by atoms with Gasteiger partial charge in [-0.3, -0.25) is 20.2 Å². The fourth-order valence-electron chi connectivity index (χ4n) is 3.70. The lowest BCUT2D eigenvalue weighted by atomic mass is 9.99. The van der Waals surface area contributed by atoms with Crippen molar-refractivity contribution in [2.24, 2.45) is 5.73 Å². The number of aryl methyl sites for hydroxylation is 1. The van der Waals surface area contributed by atoms with E-state index < -0.39 is 28.3 Å². The monoisotopic (exact) mass is 433 g/mol. The lowest BCUT2D eigenvalue weighted by molar-refractivity contribution is -0.183. The molecule has 2 heterocycles. The minimum absolute atomic E-state index is 0.0969. The van der Waals surface area contributed by atoms with Crippen LogP contribution in [-0.4, -0.2) is 53.4 Å². The zero-order valence-electron chi connectivity index (χ0n) is 17.6. The molecule has 2 aliphatic heterocycles. The van der Waals surface area contributed by atoms with Gasteiger partial charge in [-0.2, -0.15) is 0 Å². The molecule has 8 nitrogen and oxygen atoms in total. The second kappa shape index (κ2) is 8.79. The van der Waals surface area contributed by atoms with Gasteiger partial charge in [-0.05, 0) is 30.0 Å². The van der Waals surface area contributed by atoms with Crippen LogP contribution < -0.4 is 11.1 Å². The third-order valence-corrected chi connectivity index (χ3v) is 6.89. The number of thioether (sulfide) groups is 1. The largest absolute Gasteiger partial charge is 0.464 e. The number of hydrogen-bond acceptors (Lipinski definition) is 7. The van der Waals surface area contributed by atoms with E-state index in [9.17, 15) is 14.4 Å². The molecule has 2 aliphatic rings. The quantitative estimate of drug-likeness (QED) is 0.379. The lowest BCUT2D eigenvalue weighted by Gasteiger charge is -2.55. The summed E-state index contributed by atoms with van der Waals surface area (Å²) in [4.78, 5) is 38.9. The van der Waals surface area contributed by atoms with Gasteiger partial charge in [0.1, 0.15) is 16.4 Å². The van der Waals surface area contributed by atoms with Crippen LogP contribution in [0.25, 0.3) is 0 Å². The van der Waals surface area contributed by atoms with Gasteiger partial charge < -0.3 is 14.8 Å². The third-order valence-electron chi connectivity index (χ3n) is 5.33. The zero-order chi connectivity index (χ0) is 22.1. The van der Waals surface area contributed by atoms with Gasteiger partial charge in [-0.1, -0.05) is 37.6 Å². The summed E-state index contributed by atoms with van der Waals surface area (Å²) in [5.74, 6) is -1.36. The van der Waals surface area contributed by atoms with Crippen LogP contribution >= 0.6 is 11.8 Å². The molecule has 1 saturated heterocycles. The highest BCUT2D eigenvalue weighted by atomic mass is 32.2. The molecule has 30 heavy (non-hydrogen) atoms. The van der Waals surface area contributed by atoms with Crippen LogP contribution in [0.4, 0.5) is 0 Å². The van der Waals surface area contributed by atoms with Crippen LogP contribution in [0.1, 0.15) is 31.4 Å². The van der Waals surface area contributed by atoms with Crippen molar-refractivity contribution in [3.8, 4) is 0 Å². The van der Waals surface area contributed by atoms with Crippen molar-refractivity contribution in [2.45, 2.75) is 49.6 Å². The second-order valence-electron chi connectivity index (χ2n) is 7.38. The summed E-state index contributed by atoms with van der Waals surface area (Å²) in [7, 11) is 2.59. The number of esters is 1. The summed E-state index contributed by atoms with van der Waals surface area (Å²) in [6, 6.07) is 7.94. The molecule has 3 atom stereocenters. The molecule has 9 heteroatoms. The van der Waals surface area contributed by atoms with E-state index in [1.54, 1.807) is 6.92 Å². The molecule has 0 spiro atoms. The van der Waals surface area contributed by atoms with Crippen LogP contribution in [0, 0.1) is 0 Å². The number of nitrogens with two attached hydrogens (primary N) is 1. The Morgan fingerprint density at radius 1 is 1.30 bits per heavy atom. The Hall–Kier alpha value is -2.36. The van der Waals surface area contributed by atoms with E-state index in [0.717, 1.165) is 18.4 Å². The first kappa shape index (κ1) is 22.3. The van der Waals surface area contributed by atoms with Crippen molar-refractivity contribution < 1.29 is 23.9 Å². The SMILES string of the molecule is CCCc1cccc(CC(=O)NC2S[C@H]3N(C(=O)C3(N)OC)C(C(=O)OC)=C2C)c1. The first-order valence-corrected chi connectivity index (χ1v) is 10.7. The maximum absolute atomic E-state index is 12.7. The highest BCUT2D eigenvalue weighted by molar-refractivity contribution is 8.00. The van der Waals surface area contributed by atoms with Crippen molar-refractivity contribution in [1.29, 1.82) is 0 Å². The predicted molar refractivity (Wildman–Crippen MR) is 113 cm³/mol. The number of methoxy groups -OCH3 is 2. The van der Waals surface area contributed by atoms with Crippen LogP contribution in [-0.2, 0) is 36.7 Å². The second-order valence-corrected chi connectivity index (χ2v) is 8.57. The Morgan fingerprint density at radius 3 is 2.63 bits per heavy atom. The summed E-state index contributed by atoms with van der Waals surface area (Å²) in [6.45, 7) is 3.80. The van der Waals surface area contributed by atoms with Crippen LogP contribution in [0.15, 0.2) is 35.5 Å². The molecule has 1 aromatic rings. The normalized spacial score (nSPS) is 25.5. The molecular formula is C21H27N3O5S. The lowest BCUT2D eigenvalue weighted by Crippen LogP contribution is -2.79. The molecule has 0 aromatic heterocycles. The maximum Gasteiger partial charge on any atom is 0.354 e. The Kier molecular flexibility index (Phi) is 6.54. The molecule has 0 radical (unpaired) electrons. The minimum atomic E-state index is -1.55. The number of fused-ring (bicyclic) bond motifs is 1. The fourth-order valence-corrected chi connectivity index (χ4v) is 5.20. The first-order valence-electron chi connectivity index (χ1n) is 9.76. The molecule has 0 saturated carbocycles. The van der Waals surface area contributed by atoms with Gasteiger partial charge in [0.15, 0.2) is 0 Å². The van der Waals surface area contributed by atoms with E-state index in [-0.39, 0.29) is 18.0 Å². The maximum atomic E-state index is 12.7. The smallest absolute Gasteiger partial charge is 0.354 e. The number of carbonyl (C=O) groups is 3. The molecular weight excluding hydrogens is 406 g/mol. The predicted octanol–water partition coefficient (Wildman–Crippen LogP) is 1.29. The summed E-state index contributed by atoms with van der Waals surface area (Å²) < 4.78 is 10.1. The van der Waals surface area contributed by atoms with Gasteiger partial charge in [0.2, 0.25) is 11.6 Å². The number of benzene rings is 1. The Labute approximate surface area is 180 Å². The topological polar surface area (TPSA) is 111 Å². The molecule has 2 amide bonds. The number of hydrogen-bond donors (Lipinski definition) is 2. The minimum Gasteiger partial charge on any atom is -0.464 e. The summed E-state index contributed by atoms with van der Waals surface area (Å²) in [6.07, 6.45) is 2.20. The van der Waals surface area contributed by atoms with Crippen LogP contribution in [0.2, 0.25) is 0 Å². The summed E-state index contributed by atoms with van der Waals surface area (Å²) in [5, 5.41) is 1.76. The standard InChI is InChI=1S/C21H27N3O5S/c1-5-7-13-8-6-9-14(10-13)11-15(25)23-17-12(2)16(18(26)28-3)24-19(27)21(22,29-4)20(24)30-17/h6,8-10,17,20H,5,7,11,22H2,1-4H3,(H,23,25)/t17?,20-,21?/m1/s1. The van der Waals surface area contributed by atoms with Gasteiger partial charge in [0.25, 0.3) is 5.91 Å². The van der Waals surface area contributed by atoms with Crippen molar-refractivity contribution in [1.82, 2.24) is 10.2 Å². The van der Waals surface area contributed by atoms with Crippen molar-refractivity contribution in [3.63, 3.8) is 0 Å². The van der Waals surface area contributed by atoms with Crippen LogP contribution in [0.5, 0.6) is 0 Å². The average molecular weight is 434 g/mol. The van der Waals surface area contributed by atoms with E-state index in [4.69, 9.17) is 15.2 Å². The van der Waals surface area contributed by atoms with E-state index in [2.05, 4.69) is 12.2 Å². The highest BCUT2D eigenvalue weighted by Gasteiger charge is 2.64. The van der Waals surface area contributed by atoms with Gasteiger partial charge in [-0.25, -0.2) is 4.79 Å². The van der Waals surface area contributed by atoms with E-state index in [1.165, 1.54) is 36.4 Å². The van der Waals surface area contributed by atoms with E-state index in [0.29, 0.717) is 5.57 Å². The Balaban J connectivity index is 1.81. The first-order chi connectivity index (χ1) is 14.3. The number of carbonyl (C=O) groups excluding carboxylic acids is 3. The summed E-state index contributed by atoms with van der Waals surface area (Å²) >= 11 is 1.26. The van der Waals surface area contributed by atoms with Gasteiger partial charge in [0, 0.05) is 7.11 Å². The summed E-state index contributed by atoms with van der Waals surface area (Å²) in [5.41, 5.74) is 7.27. The van der Waals surface area contributed by atoms with Gasteiger partial charge in [-0.15, -0.1) is 11.8 Å². The molecule has 162 valence electrons. The van der Waals surface area contributed by atoms with E-state index >= 15 is 0 Å².